The maximum absolute atomic E-state index is 12.6. The highest BCUT2D eigenvalue weighted by Gasteiger charge is 2.42. The Kier molecular flexibility index (Phi) is 4.09. The van der Waals surface area contributed by atoms with Gasteiger partial charge in [0.05, 0.1) is 43.5 Å². The summed E-state index contributed by atoms with van der Waals surface area (Å²) < 4.78 is 5.05. The van der Waals surface area contributed by atoms with Crippen LogP contribution < -0.4 is 0 Å². The van der Waals surface area contributed by atoms with Gasteiger partial charge in [0.25, 0.3) is 11.8 Å². The van der Waals surface area contributed by atoms with Crippen molar-refractivity contribution in [2.45, 2.75) is 20.4 Å². The lowest BCUT2D eigenvalue weighted by molar-refractivity contribution is 0.0642. The van der Waals surface area contributed by atoms with Gasteiger partial charge in [0.15, 0.2) is 0 Å². The number of halogens is 4. The number of rotatable bonds is 2. The fraction of sp³-hybridized carbons (Fsp3) is 0.214. The summed E-state index contributed by atoms with van der Waals surface area (Å²) >= 11 is 24.1. The maximum Gasteiger partial charge on any atom is 0.263 e. The number of nitrogens with zero attached hydrogens (tertiary/aromatic N) is 2. The fourth-order valence-electron chi connectivity index (χ4n) is 2.42. The first-order chi connectivity index (χ1) is 10.8. The molecule has 3 rings (SSSR count). The Labute approximate surface area is 151 Å². The highest BCUT2D eigenvalue weighted by Crippen LogP contribution is 2.45. The summed E-state index contributed by atoms with van der Waals surface area (Å²) in [6.45, 7) is 3.41. The molecule has 0 N–H and O–H groups in total. The Morgan fingerprint density at radius 1 is 0.913 bits per heavy atom. The Morgan fingerprint density at radius 3 is 1.78 bits per heavy atom. The molecule has 0 fully saturated rings. The van der Waals surface area contributed by atoms with Crippen molar-refractivity contribution in [3.8, 4) is 0 Å². The van der Waals surface area contributed by atoms with Gasteiger partial charge >= 0.3 is 0 Å². The Balaban J connectivity index is 2.12. The van der Waals surface area contributed by atoms with Crippen molar-refractivity contribution in [2.24, 2.45) is 0 Å². The lowest BCUT2D eigenvalue weighted by Crippen LogP contribution is -2.29. The third-order valence-corrected chi connectivity index (χ3v) is 5.48. The summed E-state index contributed by atoms with van der Waals surface area (Å²) in [6.07, 6.45) is 0. The zero-order valence-corrected chi connectivity index (χ0v) is 14.9. The molecule has 23 heavy (non-hydrogen) atoms. The highest BCUT2D eigenvalue weighted by atomic mass is 35.5. The first kappa shape index (κ1) is 16.6. The molecule has 5 nitrogen and oxygen atoms in total. The molecule has 0 aliphatic carbocycles. The highest BCUT2D eigenvalue weighted by molar-refractivity contribution is 6.55. The smallest absolute Gasteiger partial charge is 0.263 e. The van der Waals surface area contributed by atoms with Crippen molar-refractivity contribution in [1.29, 1.82) is 0 Å². The first-order valence-electron chi connectivity index (χ1n) is 6.39. The molecule has 1 aliphatic rings. The lowest BCUT2D eigenvalue weighted by Gasteiger charge is -2.13. The third-order valence-electron chi connectivity index (χ3n) is 3.68. The minimum Gasteiger partial charge on any atom is -0.361 e. The van der Waals surface area contributed by atoms with Gasteiger partial charge in [-0.15, -0.1) is 0 Å². The molecule has 2 heterocycles. The van der Waals surface area contributed by atoms with Crippen LogP contribution in [0.2, 0.25) is 20.1 Å². The van der Waals surface area contributed by atoms with Crippen LogP contribution in [0.1, 0.15) is 37.7 Å². The van der Waals surface area contributed by atoms with E-state index in [-0.39, 0.29) is 37.8 Å². The van der Waals surface area contributed by atoms with E-state index in [0.29, 0.717) is 17.0 Å². The van der Waals surface area contributed by atoms with Crippen molar-refractivity contribution in [1.82, 2.24) is 10.1 Å². The van der Waals surface area contributed by atoms with E-state index >= 15 is 0 Å². The molecule has 120 valence electrons. The van der Waals surface area contributed by atoms with Crippen LogP contribution in [0, 0.1) is 13.8 Å². The van der Waals surface area contributed by atoms with Crippen molar-refractivity contribution in [2.75, 3.05) is 0 Å². The molecule has 0 radical (unpaired) electrons. The van der Waals surface area contributed by atoms with Crippen molar-refractivity contribution in [3.05, 3.63) is 48.2 Å². The van der Waals surface area contributed by atoms with Crippen LogP contribution in [0.3, 0.4) is 0 Å². The van der Waals surface area contributed by atoms with E-state index in [2.05, 4.69) is 5.16 Å². The second-order valence-electron chi connectivity index (χ2n) is 5.01. The van der Waals surface area contributed by atoms with Gasteiger partial charge in [-0.3, -0.25) is 14.5 Å². The number of hydrogen-bond acceptors (Lipinski definition) is 4. The number of fused-ring (bicyclic) bond motifs is 1. The third kappa shape index (κ3) is 2.34. The van der Waals surface area contributed by atoms with Gasteiger partial charge in [-0.05, 0) is 13.8 Å². The average molecular weight is 394 g/mol. The fourth-order valence-corrected chi connectivity index (χ4v) is 3.44. The molecule has 0 atom stereocenters. The molecule has 0 bridgehead atoms. The Hall–Kier alpha value is -1.27. The molecule has 0 saturated carbocycles. The number of hydrogen-bond donors (Lipinski definition) is 0. The number of aromatic nitrogens is 1. The van der Waals surface area contributed by atoms with Crippen LogP contribution in [0.5, 0.6) is 0 Å². The molecular formula is C14H8Cl4N2O3. The van der Waals surface area contributed by atoms with Gasteiger partial charge in [-0.25, -0.2) is 0 Å². The van der Waals surface area contributed by atoms with E-state index in [4.69, 9.17) is 50.9 Å². The number of imide groups is 1. The Bertz CT molecular complexity index is 809. The van der Waals surface area contributed by atoms with Crippen molar-refractivity contribution >= 4 is 58.2 Å². The first-order valence-corrected chi connectivity index (χ1v) is 7.90. The molecule has 1 aliphatic heterocycles. The van der Waals surface area contributed by atoms with Gasteiger partial charge < -0.3 is 4.52 Å². The van der Waals surface area contributed by atoms with E-state index in [1.54, 1.807) is 13.8 Å². The number of carbonyl (C=O) groups is 2. The summed E-state index contributed by atoms with van der Waals surface area (Å²) in [7, 11) is 0. The van der Waals surface area contributed by atoms with Crippen LogP contribution in [-0.2, 0) is 6.54 Å². The van der Waals surface area contributed by atoms with Gasteiger partial charge in [0.2, 0.25) is 0 Å². The topological polar surface area (TPSA) is 63.4 Å². The van der Waals surface area contributed by atoms with Crippen LogP contribution in [0.15, 0.2) is 4.52 Å². The van der Waals surface area contributed by atoms with Crippen LogP contribution in [0.4, 0.5) is 0 Å². The molecule has 2 aromatic rings. The maximum atomic E-state index is 12.6. The number of amides is 2. The average Bonchev–Trinajstić information content (AvgIpc) is 2.95. The normalized spacial score (nSPS) is 13.9. The van der Waals surface area contributed by atoms with Crippen molar-refractivity contribution in [3.63, 3.8) is 0 Å². The van der Waals surface area contributed by atoms with Crippen LogP contribution >= 0.6 is 46.4 Å². The quantitative estimate of drug-likeness (QED) is 0.421. The number of aryl methyl sites for hydroxylation is 2. The number of carbonyl (C=O) groups excluding carboxylic acids is 2. The van der Waals surface area contributed by atoms with E-state index in [9.17, 15) is 9.59 Å². The Morgan fingerprint density at radius 2 is 1.39 bits per heavy atom. The second-order valence-corrected chi connectivity index (χ2v) is 6.52. The summed E-state index contributed by atoms with van der Waals surface area (Å²) in [4.78, 5) is 26.2. The van der Waals surface area contributed by atoms with E-state index < -0.39 is 11.8 Å². The number of benzene rings is 1. The second kappa shape index (κ2) is 5.67. The monoisotopic (exact) mass is 392 g/mol. The molecule has 9 heteroatoms. The van der Waals surface area contributed by atoms with Crippen LogP contribution in [-0.4, -0.2) is 21.9 Å². The molecule has 1 aromatic heterocycles. The largest absolute Gasteiger partial charge is 0.361 e. The lowest BCUT2D eigenvalue weighted by atomic mass is 10.1. The predicted octanol–water partition coefficient (Wildman–Crippen LogP) is 4.70. The van der Waals surface area contributed by atoms with Crippen molar-refractivity contribution < 1.29 is 14.1 Å². The molecule has 0 saturated heterocycles. The molecule has 2 amide bonds. The molecular weight excluding hydrogens is 386 g/mol. The minimum atomic E-state index is -0.588. The van der Waals surface area contributed by atoms with E-state index in [0.717, 1.165) is 4.90 Å². The van der Waals surface area contributed by atoms with Gasteiger partial charge in [-0.1, -0.05) is 51.6 Å². The standard InChI is InChI=1S/C14H8Cl4N2O3/c1-4-6(5(2)23-19-4)3-20-13(21)7-8(14(20)22)10(16)12(18)11(17)9(7)15/h3H2,1-2H3. The zero-order chi connectivity index (χ0) is 17.0. The summed E-state index contributed by atoms with van der Waals surface area (Å²) in [5.74, 6) is -0.654. The molecule has 1 aromatic carbocycles. The van der Waals surface area contributed by atoms with Gasteiger partial charge in [0, 0.05) is 5.56 Å². The SMILES string of the molecule is Cc1noc(C)c1CN1C(=O)c2c(Cl)c(Cl)c(Cl)c(Cl)c2C1=O. The van der Waals surface area contributed by atoms with Gasteiger partial charge in [0.1, 0.15) is 5.76 Å². The molecule has 0 unspecified atom stereocenters. The van der Waals surface area contributed by atoms with E-state index in [1.165, 1.54) is 0 Å². The summed E-state index contributed by atoms with van der Waals surface area (Å²) in [6, 6.07) is 0. The van der Waals surface area contributed by atoms with Gasteiger partial charge in [-0.2, -0.15) is 0 Å². The predicted molar refractivity (Wildman–Crippen MR) is 86.7 cm³/mol. The zero-order valence-electron chi connectivity index (χ0n) is 11.8. The summed E-state index contributed by atoms with van der Waals surface area (Å²) in [5, 5.41) is 3.51. The summed E-state index contributed by atoms with van der Waals surface area (Å²) in [5.41, 5.74) is 1.15. The molecule has 0 spiro atoms. The minimum absolute atomic E-state index is 0.00455. The van der Waals surface area contributed by atoms with E-state index in [1.807, 2.05) is 0 Å². The van der Waals surface area contributed by atoms with Crippen LogP contribution in [0.25, 0.3) is 0 Å².